The van der Waals surface area contributed by atoms with Gasteiger partial charge in [0.2, 0.25) is 0 Å². The minimum Gasteiger partial charge on any atom is -0.318 e. The van der Waals surface area contributed by atoms with Crippen LogP contribution in [0.3, 0.4) is 0 Å². The molecule has 22 heavy (non-hydrogen) atoms. The van der Waals surface area contributed by atoms with Crippen molar-refractivity contribution in [2.75, 3.05) is 5.32 Å². The van der Waals surface area contributed by atoms with Gasteiger partial charge in [-0.2, -0.15) is 0 Å². The van der Waals surface area contributed by atoms with Crippen molar-refractivity contribution in [3.8, 4) is 10.7 Å². The van der Waals surface area contributed by atoms with Crippen LogP contribution < -0.4 is 5.32 Å². The molecule has 0 unspecified atom stereocenters. The second kappa shape index (κ2) is 6.29. The van der Waals surface area contributed by atoms with Crippen molar-refractivity contribution in [2.24, 2.45) is 0 Å². The summed E-state index contributed by atoms with van der Waals surface area (Å²) in [5.74, 6) is -1.00. The van der Waals surface area contributed by atoms with Gasteiger partial charge in [0.15, 0.2) is 0 Å². The molecular formula is C14H8BrFN4OS. The number of benzene rings is 1. The van der Waals surface area contributed by atoms with Crippen LogP contribution >= 0.6 is 27.3 Å². The number of aromatic nitrogens is 3. The number of nitrogens with zero attached hydrogens (tertiary/aromatic N) is 3. The van der Waals surface area contributed by atoms with E-state index in [9.17, 15) is 9.18 Å². The summed E-state index contributed by atoms with van der Waals surface area (Å²) >= 11 is 4.43. The van der Waals surface area contributed by atoms with E-state index in [1.807, 2.05) is 0 Å². The van der Waals surface area contributed by atoms with E-state index >= 15 is 0 Å². The molecule has 0 atom stereocenters. The average Bonchev–Trinajstić information content (AvgIpc) is 3.01. The summed E-state index contributed by atoms with van der Waals surface area (Å²) in [7, 11) is 0. The summed E-state index contributed by atoms with van der Waals surface area (Å²) in [6, 6.07) is 4.40. The Labute approximate surface area is 137 Å². The molecule has 0 spiro atoms. The number of halogens is 2. The van der Waals surface area contributed by atoms with E-state index in [1.165, 1.54) is 23.5 Å². The van der Waals surface area contributed by atoms with E-state index in [4.69, 9.17) is 0 Å². The Kier molecular flexibility index (Phi) is 4.21. The highest BCUT2D eigenvalue weighted by molar-refractivity contribution is 9.10. The monoisotopic (exact) mass is 378 g/mol. The fraction of sp³-hybridized carbons (Fsp3) is 0. The number of thiazole rings is 1. The summed E-state index contributed by atoms with van der Waals surface area (Å²) in [4.78, 5) is 24.4. The van der Waals surface area contributed by atoms with Gasteiger partial charge in [-0.05, 0) is 18.2 Å². The van der Waals surface area contributed by atoms with E-state index < -0.39 is 11.7 Å². The first-order chi connectivity index (χ1) is 10.6. The zero-order chi connectivity index (χ0) is 15.5. The summed E-state index contributed by atoms with van der Waals surface area (Å²) in [6.45, 7) is 0. The molecule has 1 aromatic carbocycles. The number of anilines is 1. The molecule has 0 radical (unpaired) electrons. The van der Waals surface area contributed by atoms with Crippen LogP contribution in [0.1, 0.15) is 10.5 Å². The van der Waals surface area contributed by atoms with Crippen molar-refractivity contribution in [1.82, 2.24) is 15.0 Å². The van der Waals surface area contributed by atoms with E-state index in [2.05, 4.69) is 36.2 Å². The molecule has 0 bridgehead atoms. The van der Waals surface area contributed by atoms with Gasteiger partial charge in [0.1, 0.15) is 22.2 Å². The molecule has 1 N–H and O–H groups in total. The van der Waals surface area contributed by atoms with Gasteiger partial charge in [0, 0.05) is 22.2 Å². The van der Waals surface area contributed by atoms with Gasteiger partial charge in [-0.1, -0.05) is 15.9 Å². The maximum atomic E-state index is 13.7. The molecular weight excluding hydrogens is 371 g/mol. The van der Waals surface area contributed by atoms with E-state index in [-0.39, 0.29) is 11.4 Å². The molecule has 0 aliphatic heterocycles. The van der Waals surface area contributed by atoms with Gasteiger partial charge >= 0.3 is 0 Å². The maximum Gasteiger partial charge on any atom is 0.275 e. The summed E-state index contributed by atoms with van der Waals surface area (Å²) in [6.07, 6.45) is 4.67. The lowest BCUT2D eigenvalue weighted by Crippen LogP contribution is -2.13. The van der Waals surface area contributed by atoms with Crippen LogP contribution in [-0.4, -0.2) is 20.9 Å². The standard InChI is InChI=1S/C14H8BrFN4OS/c15-8-1-2-10(9(16)5-8)19-13(21)12-7-22-14(20-12)11-6-17-3-4-18-11/h1-7H,(H,19,21). The fourth-order valence-corrected chi connectivity index (χ4v) is 2.78. The number of amides is 1. The normalized spacial score (nSPS) is 10.5. The average molecular weight is 379 g/mol. The first-order valence-corrected chi connectivity index (χ1v) is 7.79. The lowest BCUT2D eigenvalue weighted by Gasteiger charge is -2.04. The molecule has 1 amide bonds. The molecule has 2 heterocycles. The van der Waals surface area contributed by atoms with Crippen molar-refractivity contribution < 1.29 is 9.18 Å². The van der Waals surface area contributed by atoms with Gasteiger partial charge < -0.3 is 5.32 Å². The third-order valence-electron chi connectivity index (χ3n) is 2.70. The first kappa shape index (κ1) is 14.7. The molecule has 0 aliphatic carbocycles. The predicted molar refractivity (Wildman–Crippen MR) is 85.2 cm³/mol. The SMILES string of the molecule is O=C(Nc1ccc(Br)cc1F)c1csc(-c2cnccn2)n1. The zero-order valence-electron chi connectivity index (χ0n) is 11.0. The lowest BCUT2D eigenvalue weighted by atomic mass is 10.3. The second-order valence-electron chi connectivity index (χ2n) is 4.21. The van der Waals surface area contributed by atoms with Crippen LogP contribution in [-0.2, 0) is 0 Å². The number of carbonyl (C=O) groups excluding carboxylic acids is 1. The summed E-state index contributed by atoms with van der Waals surface area (Å²) in [5.41, 5.74) is 0.886. The fourth-order valence-electron chi connectivity index (χ4n) is 1.68. The third kappa shape index (κ3) is 3.18. The number of hydrogen-bond acceptors (Lipinski definition) is 5. The van der Waals surface area contributed by atoms with Crippen LogP contribution in [0.5, 0.6) is 0 Å². The molecule has 110 valence electrons. The highest BCUT2D eigenvalue weighted by atomic mass is 79.9. The molecule has 0 aliphatic rings. The summed E-state index contributed by atoms with van der Waals surface area (Å²) < 4.78 is 14.3. The number of nitrogens with one attached hydrogen (secondary N) is 1. The van der Waals surface area contributed by atoms with Crippen molar-refractivity contribution in [2.45, 2.75) is 0 Å². The predicted octanol–water partition coefficient (Wildman–Crippen LogP) is 3.75. The third-order valence-corrected chi connectivity index (χ3v) is 4.06. The Morgan fingerprint density at radius 2 is 2.18 bits per heavy atom. The van der Waals surface area contributed by atoms with Crippen molar-refractivity contribution in [3.63, 3.8) is 0 Å². The molecule has 8 heteroatoms. The minimum atomic E-state index is -0.521. The number of hydrogen-bond donors (Lipinski definition) is 1. The Morgan fingerprint density at radius 1 is 1.32 bits per heavy atom. The zero-order valence-corrected chi connectivity index (χ0v) is 13.4. The largest absolute Gasteiger partial charge is 0.318 e. The first-order valence-electron chi connectivity index (χ1n) is 6.12. The minimum absolute atomic E-state index is 0.0993. The Morgan fingerprint density at radius 3 is 2.91 bits per heavy atom. The molecule has 5 nitrogen and oxygen atoms in total. The molecule has 3 aromatic rings. The van der Waals surface area contributed by atoms with Crippen molar-refractivity contribution in [3.05, 3.63) is 58.2 Å². The van der Waals surface area contributed by atoms with Crippen molar-refractivity contribution >= 4 is 38.9 Å². The highest BCUT2D eigenvalue weighted by Gasteiger charge is 2.14. The van der Waals surface area contributed by atoms with Gasteiger partial charge in [-0.25, -0.2) is 9.37 Å². The van der Waals surface area contributed by atoms with Gasteiger partial charge in [-0.15, -0.1) is 11.3 Å². The van der Waals surface area contributed by atoms with Crippen LogP contribution in [0, 0.1) is 5.82 Å². The van der Waals surface area contributed by atoms with Crippen molar-refractivity contribution in [1.29, 1.82) is 0 Å². The number of rotatable bonds is 3. The van der Waals surface area contributed by atoms with Gasteiger partial charge in [0.25, 0.3) is 5.91 Å². The molecule has 0 fully saturated rings. The topological polar surface area (TPSA) is 67.8 Å². The van der Waals surface area contributed by atoms with E-state index in [0.717, 1.165) is 0 Å². The van der Waals surface area contributed by atoms with Gasteiger partial charge in [0.05, 0.1) is 11.9 Å². The van der Waals surface area contributed by atoms with E-state index in [0.29, 0.717) is 15.2 Å². The molecule has 0 saturated heterocycles. The quantitative estimate of drug-likeness (QED) is 0.753. The van der Waals surface area contributed by atoms with Crippen LogP contribution in [0.4, 0.5) is 10.1 Å². The van der Waals surface area contributed by atoms with Gasteiger partial charge in [-0.3, -0.25) is 14.8 Å². The lowest BCUT2D eigenvalue weighted by molar-refractivity contribution is 0.102. The molecule has 3 rings (SSSR count). The Balaban J connectivity index is 1.80. The molecule has 0 saturated carbocycles. The maximum absolute atomic E-state index is 13.7. The van der Waals surface area contributed by atoms with Crippen LogP contribution in [0.15, 0.2) is 46.6 Å². The summed E-state index contributed by atoms with van der Waals surface area (Å²) in [5, 5.41) is 4.66. The second-order valence-corrected chi connectivity index (χ2v) is 5.98. The Bertz CT molecular complexity index is 825. The molecule has 2 aromatic heterocycles. The van der Waals surface area contributed by atoms with Crippen LogP contribution in [0.2, 0.25) is 0 Å². The number of carbonyl (C=O) groups is 1. The Hall–Kier alpha value is -2.19. The van der Waals surface area contributed by atoms with E-state index in [1.54, 1.807) is 30.0 Å². The highest BCUT2D eigenvalue weighted by Crippen LogP contribution is 2.23. The smallest absolute Gasteiger partial charge is 0.275 e. The van der Waals surface area contributed by atoms with Crippen LogP contribution in [0.25, 0.3) is 10.7 Å².